The Morgan fingerprint density at radius 2 is 1.80 bits per heavy atom. The first-order valence-corrected chi connectivity index (χ1v) is 10.1. The van der Waals surface area contributed by atoms with Crippen molar-refractivity contribution in [3.8, 4) is 0 Å². The second-order valence-electron chi connectivity index (χ2n) is 5.68. The van der Waals surface area contributed by atoms with Crippen LogP contribution < -0.4 is 9.62 Å². The van der Waals surface area contributed by atoms with E-state index in [1.807, 2.05) is 6.92 Å². The van der Waals surface area contributed by atoms with Gasteiger partial charge in [0, 0.05) is 4.47 Å². The molecule has 134 valence electrons. The van der Waals surface area contributed by atoms with Crippen LogP contribution >= 0.6 is 15.9 Å². The highest BCUT2D eigenvalue weighted by molar-refractivity contribution is 9.10. The van der Waals surface area contributed by atoms with Gasteiger partial charge in [0.05, 0.1) is 17.6 Å². The Morgan fingerprint density at radius 3 is 2.32 bits per heavy atom. The summed E-state index contributed by atoms with van der Waals surface area (Å²) >= 11 is 3.14. The molecule has 25 heavy (non-hydrogen) atoms. The molecule has 1 atom stereocenters. The van der Waals surface area contributed by atoms with Gasteiger partial charge in [-0.1, -0.05) is 33.6 Å². The summed E-state index contributed by atoms with van der Waals surface area (Å²) in [4.78, 5) is 12.5. The highest BCUT2D eigenvalue weighted by Crippen LogP contribution is 2.23. The number of anilines is 2. The normalized spacial score (nSPS) is 12.5. The van der Waals surface area contributed by atoms with Crippen molar-refractivity contribution in [1.29, 1.82) is 0 Å². The van der Waals surface area contributed by atoms with Gasteiger partial charge in [0.25, 0.3) is 0 Å². The molecular formula is C17H18BrFN2O3S. The number of hydrogen-bond donors (Lipinski definition) is 1. The molecule has 0 saturated carbocycles. The number of nitrogens with one attached hydrogen (secondary N) is 1. The van der Waals surface area contributed by atoms with Crippen LogP contribution in [0.15, 0.2) is 46.9 Å². The van der Waals surface area contributed by atoms with Crippen molar-refractivity contribution in [3.05, 3.63) is 58.3 Å². The number of aryl methyl sites for hydroxylation is 1. The molecule has 0 aromatic heterocycles. The predicted molar refractivity (Wildman–Crippen MR) is 101 cm³/mol. The van der Waals surface area contributed by atoms with Crippen LogP contribution in [-0.2, 0) is 14.8 Å². The summed E-state index contributed by atoms with van der Waals surface area (Å²) in [7, 11) is -3.71. The van der Waals surface area contributed by atoms with Crippen LogP contribution in [-0.4, -0.2) is 26.6 Å². The first kappa shape index (κ1) is 19.4. The maximum Gasteiger partial charge on any atom is 0.248 e. The summed E-state index contributed by atoms with van der Waals surface area (Å²) in [5.74, 6) is -1.25. The highest BCUT2D eigenvalue weighted by atomic mass is 79.9. The summed E-state index contributed by atoms with van der Waals surface area (Å²) in [6.45, 7) is 3.33. The Balaban J connectivity index is 2.31. The number of hydrogen-bond acceptors (Lipinski definition) is 3. The molecule has 0 saturated heterocycles. The SMILES string of the molecule is Cc1ccc(N([C@H](C)C(=O)Nc2ccc(Br)cc2F)S(C)(=O)=O)cc1. The molecule has 0 bridgehead atoms. The van der Waals surface area contributed by atoms with E-state index in [1.165, 1.54) is 19.1 Å². The molecule has 0 aliphatic heterocycles. The fraction of sp³-hybridized carbons (Fsp3) is 0.235. The molecule has 5 nitrogen and oxygen atoms in total. The van der Waals surface area contributed by atoms with E-state index in [2.05, 4.69) is 21.2 Å². The number of sulfonamides is 1. The molecule has 0 aliphatic rings. The van der Waals surface area contributed by atoms with E-state index < -0.39 is 27.8 Å². The predicted octanol–water partition coefficient (Wildman–Crippen LogP) is 3.69. The Morgan fingerprint density at radius 1 is 1.20 bits per heavy atom. The zero-order valence-electron chi connectivity index (χ0n) is 14.0. The van der Waals surface area contributed by atoms with Crippen LogP contribution in [0.25, 0.3) is 0 Å². The molecule has 2 rings (SSSR count). The summed E-state index contributed by atoms with van der Waals surface area (Å²) in [6.07, 6.45) is 1.02. The van der Waals surface area contributed by atoms with E-state index in [0.29, 0.717) is 10.2 Å². The Bertz CT molecular complexity index is 885. The van der Waals surface area contributed by atoms with Gasteiger partial charge in [-0.15, -0.1) is 0 Å². The van der Waals surface area contributed by atoms with Gasteiger partial charge in [-0.2, -0.15) is 0 Å². The van der Waals surface area contributed by atoms with Gasteiger partial charge in [0.2, 0.25) is 15.9 Å². The van der Waals surface area contributed by atoms with Crippen molar-refractivity contribution in [1.82, 2.24) is 0 Å². The third kappa shape index (κ3) is 4.79. The van der Waals surface area contributed by atoms with E-state index >= 15 is 0 Å². The zero-order valence-corrected chi connectivity index (χ0v) is 16.4. The van der Waals surface area contributed by atoms with Crippen LogP contribution in [0.2, 0.25) is 0 Å². The monoisotopic (exact) mass is 428 g/mol. The minimum Gasteiger partial charge on any atom is -0.322 e. The van der Waals surface area contributed by atoms with Crippen molar-refractivity contribution >= 4 is 43.2 Å². The Hall–Kier alpha value is -1.93. The van der Waals surface area contributed by atoms with Crippen molar-refractivity contribution in [2.45, 2.75) is 19.9 Å². The maximum atomic E-state index is 13.9. The minimum atomic E-state index is -3.71. The van der Waals surface area contributed by atoms with E-state index in [-0.39, 0.29) is 5.69 Å². The molecule has 0 fully saturated rings. The fourth-order valence-electron chi connectivity index (χ4n) is 2.33. The quantitative estimate of drug-likeness (QED) is 0.789. The number of nitrogens with zero attached hydrogens (tertiary/aromatic N) is 1. The molecule has 0 spiro atoms. The van der Waals surface area contributed by atoms with E-state index in [0.717, 1.165) is 16.1 Å². The largest absolute Gasteiger partial charge is 0.322 e. The smallest absolute Gasteiger partial charge is 0.248 e. The van der Waals surface area contributed by atoms with Gasteiger partial charge in [0.1, 0.15) is 11.9 Å². The molecule has 0 radical (unpaired) electrons. The highest BCUT2D eigenvalue weighted by Gasteiger charge is 2.29. The Labute approximate surface area is 155 Å². The van der Waals surface area contributed by atoms with Crippen LogP contribution in [0.4, 0.5) is 15.8 Å². The van der Waals surface area contributed by atoms with Crippen LogP contribution in [0.1, 0.15) is 12.5 Å². The molecule has 8 heteroatoms. The van der Waals surface area contributed by atoms with Crippen LogP contribution in [0.5, 0.6) is 0 Å². The number of rotatable bonds is 5. The van der Waals surface area contributed by atoms with Crippen LogP contribution in [0, 0.1) is 12.7 Å². The van der Waals surface area contributed by atoms with Gasteiger partial charge in [-0.05, 0) is 44.2 Å². The Kier molecular flexibility index (Phi) is 5.84. The molecule has 0 aliphatic carbocycles. The summed E-state index contributed by atoms with van der Waals surface area (Å²) in [6, 6.07) is 9.91. The standard InChI is InChI=1S/C17H18BrFN2O3S/c1-11-4-7-14(8-5-11)21(25(3,23)24)12(2)17(22)20-16-9-6-13(18)10-15(16)19/h4-10,12H,1-3H3,(H,20,22)/t12-/m1/s1. The van der Waals surface area contributed by atoms with Crippen molar-refractivity contribution in [2.75, 3.05) is 15.9 Å². The molecule has 1 N–H and O–H groups in total. The lowest BCUT2D eigenvalue weighted by Gasteiger charge is -2.28. The summed E-state index contributed by atoms with van der Waals surface area (Å²) < 4.78 is 39.8. The first-order chi connectivity index (χ1) is 11.6. The van der Waals surface area contributed by atoms with Crippen LogP contribution in [0.3, 0.4) is 0 Å². The van der Waals surface area contributed by atoms with Gasteiger partial charge in [-0.25, -0.2) is 12.8 Å². The van der Waals surface area contributed by atoms with Gasteiger partial charge in [-0.3, -0.25) is 9.10 Å². The van der Waals surface area contributed by atoms with Gasteiger partial charge >= 0.3 is 0 Å². The molecule has 0 heterocycles. The second-order valence-corrected chi connectivity index (χ2v) is 8.46. The topological polar surface area (TPSA) is 66.5 Å². The first-order valence-electron chi connectivity index (χ1n) is 7.41. The average molecular weight is 429 g/mol. The van der Waals surface area contributed by atoms with E-state index in [4.69, 9.17) is 0 Å². The molecule has 2 aromatic carbocycles. The number of halogens is 2. The molecular weight excluding hydrogens is 411 g/mol. The maximum absolute atomic E-state index is 13.9. The lowest BCUT2D eigenvalue weighted by atomic mass is 10.2. The van der Waals surface area contributed by atoms with E-state index in [9.17, 15) is 17.6 Å². The summed E-state index contributed by atoms with van der Waals surface area (Å²) in [5.41, 5.74) is 1.32. The van der Waals surface area contributed by atoms with Crippen molar-refractivity contribution in [2.24, 2.45) is 0 Å². The summed E-state index contributed by atoms with van der Waals surface area (Å²) in [5, 5.41) is 2.43. The number of benzene rings is 2. The molecule has 1 amide bonds. The lowest BCUT2D eigenvalue weighted by molar-refractivity contribution is -0.116. The number of carbonyl (C=O) groups is 1. The van der Waals surface area contributed by atoms with Gasteiger partial charge < -0.3 is 5.32 Å². The lowest BCUT2D eigenvalue weighted by Crippen LogP contribution is -2.45. The second kappa shape index (κ2) is 7.53. The third-order valence-electron chi connectivity index (χ3n) is 3.57. The molecule has 0 unspecified atom stereocenters. The van der Waals surface area contributed by atoms with Crippen molar-refractivity contribution < 1.29 is 17.6 Å². The zero-order chi connectivity index (χ0) is 18.8. The minimum absolute atomic E-state index is 0.0163. The fourth-order valence-corrected chi connectivity index (χ4v) is 3.84. The van der Waals surface area contributed by atoms with E-state index in [1.54, 1.807) is 30.3 Å². The van der Waals surface area contributed by atoms with Crippen molar-refractivity contribution in [3.63, 3.8) is 0 Å². The average Bonchev–Trinajstić information content (AvgIpc) is 2.50. The third-order valence-corrected chi connectivity index (χ3v) is 5.30. The number of amides is 1. The number of carbonyl (C=O) groups excluding carboxylic acids is 1. The van der Waals surface area contributed by atoms with Gasteiger partial charge in [0.15, 0.2) is 0 Å². The molecule has 2 aromatic rings.